The number of hydrogen-bond donors (Lipinski definition) is 1. The molecule has 0 fully saturated rings. The molecule has 2 aromatic heterocycles. The van der Waals surface area contributed by atoms with E-state index >= 15 is 0 Å². The number of aliphatic hydroxyl groups excluding tert-OH is 1. The fourth-order valence-corrected chi connectivity index (χ4v) is 2.72. The Labute approximate surface area is 157 Å². The number of para-hydroxylation sites is 1. The Kier molecular flexibility index (Phi) is 5.58. The van der Waals surface area contributed by atoms with E-state index in [9.17, 15) is 5.11 Å². The molecule has 0 bridgehead atoms. The first kappa shape index (κ1) is 18.4. The summed E-state index contributed by atoms with van der Waals surface area (Å²) in [6.07, 6.45) is 0.0892. The van der Waals surface area contributed by atoms with Gasteiger partial charge in [-0.15, -0.1) is 0 Å². The Morgan fingerprint density at radius 3 is 2.58 bits per heavy atom. The third kappa shape index (κ3) is 3.89. The molecule has 7 nitrogen and oxygen atoms in total. The highest BCUT2D eigenvalue weighted by Crippen LogP contribution is 2.28. The van der Waals surface area contributed by atoms with Gasteiger partial charge in [0.05, 0.1) is 23.4 Å². The van der Waals surface area contributed by atoms with Crippen molar-refractivity contribution in [2.24, 2.45) is 7.05 Å². The standard InChI is InChI=1S/C18H22ClN5O2/c1-4-13(25)10-24-18(17-16(19)12(2)23(3)22-17)20-15(21-24)11-26-14-8-6-5-7-9-14/h5-9,13,25H,4,10-11H2,1-3H3/t13-/m0/s1. The van der Waals surface area contributed by atoms with Gasteiger partial charge in [0.25, 0.3) is 0 Å². The lowest BCUT2D eigenvalue weighted by atomic mass is 10.3. The largest absolute Gasteiger partial charge is 0.486 e. The van der Waals surface area contributed by atoms with E-state index in [0.29, 0.717) is 35.3 Å². The van der Waals surface area contributed by atoms with Crippen molar-refractivity contribution in [3.05, 3.63) is 46.9 Å². The molecule has 0 amide bonds. The van der Waals surface area contributed by atoms with Crippen molar-refractivity contribution >= 4 is 11.6 Å². The fraction of sp³-hybridized carbons (Fsp3) is 0.389. The molecule has 0 spiro atoms. The maximum Gasteiger partial charge on any atom is 0.188 e. The zero-order valence-electron chi connectivity index (χ0n) is 15.1. The number of rotatable bonds is 7. The number of halogens is 1. The van der Waals surface area contributed by atoms with Gasteiger partial charge in [-0.2, -0.15) is 10.2 Å². The maximum absolute atomic E-state index is 10.1. The molecular weight excluding hydrogens is 354 g/mol. The maximum atomic E-state index is 10.1. The first-order valence-corrected chi connectivity index (χ1v) is 8.86. The predicted molar refractivity (Wildman–Crippen MR) is 99.0 cm³/mol. The molecule has 1 aromatic carbocycles. The summed E-state index contributed by atoms with van der Waals surface area (Å²) in [4.78, 5) is 4.55. The van der Waals surface area contributed by atoms with Crippen LogP contribution in [-0.2, 0) is 20.2 Å². The van der Waals surface area contributed by atoms with Gasteiger partial charge in [0.2, 0.25) is 0 Å². The average Bonchev–Trinajstić information content (AvgIpc) is 3.16. The lowest BCUT2D eigenvalue weighted by Crippen LogP contribution is -2.17. The molecule has 2 heterocycles. The van der Waals surface area contributed by atoms with Crippen LogP contribution in [0.15, 0.2) is 30.3 Å². The van der Waals surface area contributed by atoms with Crippen LogP contribution in [0.1, 0.15) is 24.9 Å². The summed E-state index contributed by atoms with van der Waals surface area (Å²) in [5, 5.41) is 19.5. The van der Waals surface area contributed by atoms with Crippen LogP contribution in [0, 0.1) is 6.92 Å². The van der Waals surface area contributed by atoms with Gasteiger partial charge in [0, 0.05) is 7.05 Å². The molecule has 1 N–H and O–H groups in total. The minimum Gasteiger partial charge on any atom is -0.486 e. The average molecular weight is 376 g/mol. The molecule has 3 aromatic rings. The summed E-state index contributed by atoms with van der Waals surface area (Å²) in [6, 6.07) is 9.48. The second kappa shape index (κ2) is 7.88. The van der Waals surface area contributed by atoms with E-state index in [1.165, 1.54) is 0 Å². The van der Waals surface area contributed by atoms with E-state index < -0.39 is 6.10 Å². The van der Waals surface area contributed by atoms with E-state index in [0.717, 1.165) is 11.4 Å². The van der Waals surface area contributed by atoms with Gasteiger partial charge in [-0.3, -0.25) is 4.68 Å². The van der Waals surface area contributed by atoms with Crippen LogP contribution < -0.4 is 4.74 Å². The molecule has 0 aliphatic carbocycles. The zero-order chi connectivity index (χ0) is 18.7. The van der Waals surface area contributed by atoms with Gasteiger partial charge in [0.1, 0.15) is 18.1 Å². The second-order valence-electron chi connectivity index (χ2n) is 6.07. The molecule has 1 atom stereocenters. The van der Waals surface area contributed by atoms with Gasteiger partial charge in [-0.25, -0.2) is 9.67 Å². The molecule has 0 aliphatic rings. The van der Waals surface area contributed by atoms with E-state index in [4.69, 9.17) is 16.3 Å². The van der Waals surface area contributed by atoms with Crippen molar-refractivity contribution in [1.29, 1.82) is 0 Å². The van der Waals surface area contributed by atoms with Gasteiger partial charge >= 0.3 is 0 Å². The second-order valence-corrected chi connectivity index (χ2v) is 6.45. The molecule has 138 valence electrons. The minimum absolute atomic E-state index is 0.218. The number of nitrogens with zero attached hydrogens (tertiary/aromatic N) is 5. The SMILES string of the molecule is CC[C@H](O)Cn1nc(COc2ccccc2)nc1-c1nn(C)c(C)c1Cl. The summed E-state index contributed by atoms with van der Waals surface area (Å²) in [5.74, 6) is 1.77. The Morgan fingerprint density at radius 1 is 1.23 bits per heavy atom. The number of aromatic nitrogens is 5. The van der Waals surface area contributed by atoms with Crippen molar-refractivity contribution in [3.8, 4) is 17.3 Å². The van der Waals surface area contributed by atoms with Crippen LogP contribution in [0.2, 0.25) is 5.02 Å². The van der Waals surface area contributed by atoms with Crippen molar-refractivity contribution in [2.45, 2.75) is 39.5 Å². The van der Waals surface area contributed by atoms with Crippen LogP contribution >= 0.6 is 11.6 Å². The summed E-state index contributed by atoms with van der Waals surface area (Å²) in [6.45, 7) is 4.34. The summed E-state index contributed by atoms with van der Waals surface area (Å²) in [7, 11) is 1.83. The predicted octanol–water partition coefficient (Wildman–Crippen LogP) is 2.99. The first-order chi connectivity index (χ1) is 12.5. The van der Waals surface area contributed by atoms with Crippen molar-refractivity contribution in [2.75, 3.05) is 0 Å². The molecule has 0 aliphatic heterocycles. The normalized spacial score (nSPS) is 12.3. The lowest BCUT2D eigenvalue weighted by Gasteiger charge is -2.09. The van der Waals surface area contributed by atoms with Crippen molar-refractivity contribution < 1.29 is 9.84 Å². The van der Waals surface area contributed by atoms with Gasteiger partial charge in [-0.1, -0.05) is 36.7 Å². The Bertz CT molecular complexity index is 875. The summed E-state index contributed by atoms with van der Waals surface area (Å²) in [5.41, 5.74) is 1.39. The van der Waals surface area contributed by atoms with Crippen LogP contribution in [0.5, 0.6) is 5.75 Å². The quantitative estimate of drug-likeness (QED) is 0.686. The Morgan fingerprint density at radius 2 is 1.96 bits per heavy atom. The Hall–Kier alpha value is -2.38. The van der Waals surface area contributed by atoms with E-state index in [-0.39, 0.29) is 6.61 Å². The zero-order valence-corrected chi connectivity index (χ0v) is 15.8. The van der Waals surface area contributed by atoms with Gasteiger partial charge in [0.15, 0.2) is 11.6 Å². The topological polar surface area (TPSA) is 78.0 Å². The molecule has 26 heavy (non-hydrogen) atoms. The van der Waals surface area contributed by atoms with Crippen LogP contribution in [0.25, 0.3) is 11.5 Å². The first-order valence-electron chi connectivity index (χ1n) is 8.48. The number of benzene rings is 1. The molecule has 3 rings (SSSR count). The fourth-order valence-electron chi connectivity index (χ4n) is 2.47. The molecule has 0 radical (unpaired) electrons. The minimum atomic E-state index is -0.526. The highest BCUT2D eigenvalue weighted by molar-refractivity contribution is 6.33. The van der Waals surface area contributed by atoms with E-state index in [1.807, 2.05) is 51.2 Å². The van der Waals surface area contributed by atoms with Crippen LogP contribution in [0.4, 0.5) is 0 Å². The van der Waals surface area contributed by atoms with E-state index in [2.05, 4.69) is 15.2 Å². The highest BCUT2D eigenvalue weighted by Gasteiger charge is 2.21. The summed E-state index contributed by atoms with van der Waals surface area (Å²) >= 11 is 6.42. The van der Waals surface area contributed by atoms with E-state index in [1.54, 1.807) is 9.36 Å². The number of ether oxygens (including phenoxy) is 1. The molecule has 0 saturated heterocycles. The molecule has 0 saturated carbocycles. The monoisotopic (exact) mass is 375 g/mol. The van der Waals surface area contributed by atoms with Gasteiger partial charge in [-0.05, 0) is 25.5 Å². The highest BCUT2D eigenvalue weighted by atomic mass is 35.5. The van der Waals surface area contributed by atoms with Gasteiger partial charge < -0.3 is 9.84 Å². The smallest absolute Gasteiger partial charge is 0.188 e. The van der Waals surface area contributed by atoms with Crippen molar-refractivity contribution in [3.63, 3.8) is 0 Å². The molecule has 0 unspecified atom stereocenters. The van der Waals surface area contributed by atoms with Crippen LogP contribution in [0.3, 0.4) is 0 Å². The lowest BCUT2D eigenvalue weighted by molar-refractivity contribution is 0.145. The third-order valence-corrected chi connectivity index (χ3v) is 4.61. The summed E-state index contributed by atoms with van der Waals surface area (Å²) < 4.78 is 9.07. The molecular formula is C18H22ClN5O2. The third-order valence-electron chi connectivity index (χ3n) is 4.15. The number of hydrogen-bond acceptors (Lipinski definition) is 5. The van der Waals surface area contributed by atoms with Crippen molar-refractivity contribution in [1.82, 2.24) is 24.5 Å². The number of aryl methyl sites for hydroxylation is 1. The van der Waals surface area contributed by atoms with Crippen LogP contribution in [-0.4, -0.2) is 35.8 Å². The number of aliphatic hydroxyl groups is 1. The molecule has 8 heteroatoms. The Balaban J connectivity index is 1.91.